The summed E-state index contributed by atoms with van der Waals surface area (Å²) < 4.78 is 5.30. The zero-order chi connectivity index (χ0) is 11.7. The molecule has 1 aromatic heterocycles. The highest BCUT2D eigenvalue weighted by atomic mass is 32.1. The molecule has 2 aromatic rings. The van der Waals surface area contributed by atoms with E-state index in [4.69, 9.17) is 4.74 Å². The highest BCUT2D eigenvalue weighted by Gasteiger charge is 2.22. The second-order valence-corrected chi connectivity index (χ2v) is 5.09. The number of hydrogen-bond donors (Lipinski definition) is 1. The quantitative estimate of drug-likeness (QED) is 0.886. The first-order valence-electron chi connectivity index (χ1n) is 5.82. The lowest BCUT2D eigenvalue weighted by atomic mass is 10.1. The largest absolute Gasteiger partial charge is 0.497 e. The topological polar surface area (TPSA) is 21.3 Å². The molecule has 1 N–H and O–H groups in total. The van der Waals surface area contributed by atoms with Crippen molar-refractivity contribution >= 4 is 17.0 Å². The maximum Gasteiger partial charge on any atom is 0.119 e. The van der Waals surface area contributed by atoms with Gasteiger partial charge in [-0.1, -0.05) is 6.07 Å². The highest BCUT2D eigenvalue weighted by Crippen LogP contribution is 2.36. The van der Waals surface area contributed by atoms with Crippen LogP contribution in [-0.4, -0.2) is 7.11 Å². The molecule has 0 fully saturated rings. The van der Waals surface area contributed by atoms with Crippen LogP contribution in [0.3, 0.4) is 0 Å². The summed E-state index contributed by atoms with van der Waals surface area (Å²) in [7, 11) is 1.72. The van der Waals surface area contributed by atoms with Gasteiger partial charge in [0.05, 0.1) is 13.2 Å². The standard InChI is InChI=1S/C14H15NOS/c1-16-12-4-2-10-3-5-14(13(10)8-12)15-11-6-7-17-9-11/h2,4,6-9,14-15H,3,5H2,1H3. The molecule has 0 radical (unpaired) electrons. The number of aryl methyl sites for hydroxylation is 1. The first-order chi connectivity index (χ1) is 8.36. The van der Waals surface area contributed by atoms with Crippen LogP contribution in [0.2, 0.25) is 0 Å². The van der Waals surface area contributed by atoms with Gasteiger partial charge in [0, 0.05) is 11.1 Å². The van der Waals surface area contributed by atoms with Crippen molar-refractivity contribution < 1.29 is 4.74 Å². The average Bonchev–Trinajstić information content (AvgIpc) is 2.99. The van der Waals surface area contributed by atoms with E-state index in [1.54, 1.807) is 18.4 Å². The van der Waals surface area contributed by atoms with Crippen molar-refractivity contribution in [2.24, 2.45) is 0 Å². The van der Waals surface area contributed by atoms with Gasteiger partial charge < -0.3 is 10.1 Å². The Labute approximate surface area is 105 Å². The van der Waals surface area contributed by atoms with Crippen molar-refractivity contribution in [2.45, 2.75) is 18.9 Å². The van der Waals surface area contributed by atoms with Crippen LogP contribution in [0.25, 0.3) is 0 Å². The van der Waals surface area contributed by atoms with Crippen LogP contribution in [0.15, 0.2) is 35.0 Å². The van der Waals surface area contributed by atoms with E-state index in [1.807, 2.05) is 6.07 Å². The fourth-order valence-corrected chi connectivity index (χ4v) is 3.00. The molecule has 3 heteroatoms. The number of methoxy groups -OCH3 is 1. The summed E-state index contributed by atoms with van der Waals surface area (Å²) in [6, 6.07) is 8.94. The van der Waals surface area contributed by atoms with Gasteiger partial charge in [0.1, 0.15) is 5.75 Å². The Balaban J connectivity index is 1.87. The van der Waals surface area contributed by atoms with E-state index < -0.39 is 0 Å². The van der Waals surface area contributed by atoms with E-state index in [2.05, 4.69) is 34.3 Å². The zero-order valence-electron chi connectivity index (χ0n) is 9.77. The zero-order valence-corrected chi connectivity index (χ0v) is 10.6. The Bertz CT molecular complexity index is 507. The molecule has 88 valence electrons. The Morgan fingerprint density at radius 1 is 1.35 bits per heavy atom. The Hall–Kier alpha value is -1.48. The number of hydrogen-bond acceptors (Lipinski definition) is 3. The summed E-state index contributed by atoms with van der Waals surface area (Å²) in [5.74, 6) is 0.947. The van der Waals surface area contributed by atoms with E-state index >= 15 is 0 Å². The van der Waals surface area contributed by atoms with E-state index in [0.29, 0.717) is 6.04 Å². The van der Waals surface area contributed by atoms with Gasteiger partial charge in [-0.25, -0.2) is 0 Å². The number of rotatable bonds is 3. The van der Waals surface area contributed by atoms with Crippen molar-refractivity contribution in [3.8, 4) is 5.75 Å². The minimum atomic E-state index is 0.426. The molecule has 3 rings (SSSR count). The summed E-state index contributed by atoms with van der Waals surface area (Å²) in [5, 5.41) is 7.84. The van der Waals surface area contributed by atoms with Gasteiger partial charge in [0.2, 0.25) is 0 Å². The first kappa shape index (κ1) is 10.7. The van der Waals surface area contributed by atoms with E-state index in [-0.39, 0.29) is 0 Å². The molecule has 17 heavy (non-hydrogen) atoms. The van der Waals surface area contributed by atoms with E-state index in [1.165, 1.54) is 23.2 Å². The minimum absolute atomic E-state index is 0.426. The normalized spacial score (nSPS) is 17.8. The van der Waals surface area contributed by atoms with Gasteiger partial charge >= 0.3 is 0 Å². The van der Waals surface area contributed by atoms with Gasteiger partial charge in [0.15, 0.2) is 0 Å². The molecule has 1 aliphatic carbocycles. The molecule has 0 bridgehead atoms. The van der Waals surface area contributed by atoms with E-state index in [0.717, 1.165) is 12.2 Å². The maximum absolute atomic E-state index is 5.30. The Morgan fingerprint density at radius 3 is 3.06 bits per heavy atom. The average molecular weight is 245 g/mol. The third-order valence-corrected chi connectivity index (χ3v) is 3.98. The Morgan fingerprint density at radius 2 is 2.29 bits per heavy atom. The SMILES string of the molecule is COc1ccc2c(c1)C(Nc1ccsc1)CC2. The summed E-state index contributed by atoms with van der Waals surface area (Å²) in [4.78, 5) is 0. The monoisotopic (exact) mass is 245 g/mol. The third kappa shape index (κ3) is 2.03. The fourth-order valence-electron chi connectivity index (χ4n) is 2.41. The lowest BCUT2D eigenvalue weighted by molar-refractivity contribution is 0.414. The number of ether oxygens (including phenoxy) is 1. The predicted octanol–water partition coefficient (Wildman–Crippen LogP) is 3.86. The highest BCUT2D eigenvalue weighted by molar-refractivity contribution is 7.08. The number of anilines is 1. The predicted molar refractivity (Wildman–Crippen MR) is 72.0 cm³/mol. The van der Waals surface area contributed by atoms with Crippen LogP contribution >= 0.6 is 11.3 Å². The summed E-state index contributed by atoms with van der Waals surface area (Å²) in [5.41, 5.74) is 4.05. The van der Waals surface area contributed by atoms with Crippen molar-refractivity contribution in [3.63, 3.8) is 0 Å². The molecule has 0 saturated carbocycles. The summed E-state index contributed by atoms with van der Waals surface area (Å²) >= 11 is 1.72. The molecule has 1 atom stereocenters. The summed E-state index contributed by atoms with van der Waals surface area (Å²) in [6.07, 6.45) is 2.32. The van der Waals surface area contributed by atoms with Crippen molar-refractivity contribution in [3.05, 3.63) is 46.2 Å². The Kier molecular flexibility index (Phi) is 2.77. The molecule has 1 unspecified atom stereocenters. The molecule has 2 nitrogen and oxygen atoms in total. The van der Waals surface area contributed by atoms with E-state index in [9.17, 15) is 0 Å². The number of fused-ring (bicyclic) bond motifs is 1. The smallest absolute Gasteiger partial charge is 0.119 e. The van der Waals surface area contributed by atoms with Crippen molar-refractivity contribution in [2.75, 3.05) is 12.4 Å². The number of nitrogens with one attached hydrogen (secondary N) is 1. The molecule has 1 heterocycles. The second kappa shape index (κ2) is 4.41. The molecule has 0 spiro atoms. The van der Waals surface area contributed by atoms with Crippen LogP contribution in [0.1, 0.15) is 23.6 Å². The maximum atomic E-state index is 5.30. The van der Waals surface area contributed by atoms with Crippen molar-refractivity contribution in [1.82, 2.24) is 0 Å². The van der Waals surface area contributed by atoms with Crippen LogP contribution in [-0.2, 0) is 6.42 Å². The molecule has 0 amide bonds. The molecule has 0 aliphatic heterocycles. The molecule has 1 aliphatic rings. The fraction of sp³-hybridized carbons (Fsp3) is 0.286. The number of benzene rings is 1. The van der Waals surface area contributed by atoms with Crippen LogP contribution in [0, 0.1) is 0 Å². The molecular weight excluding hydrogens is 230 g/mol. The van der Waals surface area contributed by atoms with Crippen LogP contribution in [0.5, 0.6) is 5.75 Å². The van der Waals surface area contributed by atoms with Gasteiger partial charge in [-0.05, 0) is 47.5 Å². The van der Waals surface area contributed by atoms with Gasteiger partial charge in [-0.2, -0.15) is 11.3 Å². The lowest BCUT2D eigenvalue weighted by Gasteiger charge is -2.14. The van der Waals surface area contributed by atoms with Crippen LogP contribution < -0.4 is 10.1 Å². The number of thiophene rings is 1. The molecular formula is C14H15NOS. The summed E-state index contributed by atoms with van der Waals surface area (Å²) in [6.45, 7) is 0. The van der Waals surface area contributed by atoms with Crippen LogP contribution in [0.4, 0.5) is 5.69 Å². The van der Waals surface area contributed by atoms with Gasteiger partial charge in [-0.15, -0.1) is 0 Å². The molecule has 1 aromatic carbocycles. The third-order valence-electron chi connectivity index (χ3n) is 3.29. The minimum Gasteiger partial charge on any atom is -0.497 e. The second-order valence-electron chi connectivity index (χ2n) is 4.31. The lowest BCUT2D eigenvalue weighted by Crippen LogP contribution is -2.06. The van der Waals surface area contributed by atoms with Crippen molar-refractivity contribution in [1.29, 1.82) is 0 Å². The molecule has 0 saturated heterocycles. The van der Waals surface area contributed by atoms with Gasteiger partial charge in [0.25, 0.3) is 0 Å². The first-order valence-corrected chi connectivity index (χ1v) is 6.76. The van der Waals surface area contributed by atoms with Gasteiger partial charge in [-0.3, -0.25) is 0 Å².